The monoisotopic (exact) mass is 610 g/mol. The Balaban J connectivity index is 1.53. The van der Waals surface area contributed by atoms with Crippen molar-refractivity contribution in [1.82, 2.24) is 15.1 Å². The average molecular weight is 611 g/mol. The quantitative estimate of drug-likeness (QED) is 0.284. The van der Waals surface area contributed by atoms with E-state index in [9.17, 15) is 14.4 Å². The van der Waals surface area contributed by atoms with Gasteiger partial charge in [-0.05, 0) is 48.6 Å². The van der Waals surface area contributed by atoms with Crippen LogP contribution in [-0.2, 0) is 27.2 Å². The maximum absolute atomic E-state index is 14.2. The van der Waals surface area contributed by atoms with Crippen LogP contribution in [0.1, 0.15) is 44.2 Å². The van der Waals surface area contributed by atoms with Gasteiger partial charge in [-0.15, -0.1) is 0 Å². The van der Waals surface area contributed by atoms with E-state index in [1.165, 1.54) is 11.0 Å². The fourth-order valence-electron chi connectivity index (χ4n) is 5.69. The maximum Gasteiger partial charge on any atom is 0.407 e. The number of nitrogens with zero attached hydrogens (tertiary/aromatic N) is 2. The highest BCUT2D eigenvalue weighted by atomic mass is 16.6. The van der Waals surface area contributed by atoms with Crippen molar-refractivity contribution in [2.24, 2.45) is 5.73 Å². The molecule has 8 heteroatoms. The fourth-order valence-corrected chi connectivity index (χ4v) is 5.69. The first-order valence-corrected chi connectivity index (χ1v) is 15.6. The van der Waals surface area contributed by atoms with E-state index in [0.29, 0.717) is 45.2 Å². The predicted octanol–water partition coefficient (Wildman–Crippen LogP) is 5.37. The van der Waals surface area contributed by atoms with Crippen LogP contribution in [0.15, 0.2) is 97.1 Å². The maximum atomic E-state index is 14.2. The third kappa shape index (κ3) is 9.53. The van der Waals surface area contributed by atoms with Crippen molar-refractivity contribution in [3.63, 3.8) is 0 Å². The number of alkyl carbamates (subject to hydrolysis) is 1. The molecule has 0 aliphatic carbocycles. The van der Waals surface area contributed by atoms with Gasteiger partial charge in [0.1, 0.15) is 11.6 Å². The van der Waals surface area contributed by atoms with E-state index in [4.69, 9.17) is 10.5 Å². The van der Waals surface area contributed by atoms with E-state index in [-0.39, 0.29) is 11.8 Å². The van der Waals surface area contributed by atoms with Crippen molar-refractivity contribution in [3.8, 4) is 11.1 Å². The molecule has 0 radical (unpaired) electrons. The summed E-state index contributed by atoms with van der Waals surface area (Å²) in [6.45, 7) is 4.62. The highest BCUT2D eigenvalue weighted by Gasteiger charge is 2.41. The Hall–Kier alpha value is -4.43. The molecule has 0 unspecified atom stereocenters. The molecule has 3 N–H and O–H groups in total. The van der Waals surface area contributed by atoms with Gasteiger partial charge >= 0.3 is 6.09 Å². The summed E-state index contributed by atoms with van der Waals surface area (Å²) in [4.78, 5) is 43.2. The van der Waals surface area contributed by atoms with Gasteiger partial charge in [0.2, 0.25) is 11.8 Å². The Morgan fingerprint density at radius 2 is 1.51 bits per heavy atom. The SMILES string of the molecule is CNC(=O)OC1(Cc2ccccc2)CCN(C(=O)[C@@H](Cc2ccc(-c3ccccc3)cc2)N(C)C(=O)/C=C/CC(C)(C)N)CC1. The Kier molecular flexibility index (Phi) is 11.2. The predicted molar refractivity (Wildman–Crippen MR) is 178 cm³/mol. The molecule has 0 spiro atoms. The van der Waals surface area contributed by atoms with Gasteiger partial charge in [-0.25, -0.2) is 4.79 Å². The second-order valence-electron chi connectivity index (χ2n) is 12.6. The highest BCUT2D eigenvalue weighted by molar-refractivity contribution is 5.93. The molecule has 1 aliphatic heterocycles. The minimum absolute atomic E-state index is 0.126. The number of benzene rings is 3. The van der Waals surface area contributed by atoms with E-state index >= 15 is 0 Å². The van der Waals surface area contributed by atoms with Gasteiger partial charge in [0, 0.05) is 58.4 Å². The Bertz CT molecular complexity index is 1440. The van der Waals surface area contributed by atoms with E-state index < -0.39 is 23.3 Å². The highest BCUT2D eigenvalue weighted by Crippen LogP contribution is 2.32. The number of likely N-dealkylation sites (N-methyl/N-ethyl adjacent to an activating group) is 1. The molecule has 45 heavy (non-hydrogen) atoms. The molecular weight excluding hydrogens is 564 g/mol. The summed E-state index contributed by atoms with van der Waals surface area (Å²) in [6, 6.07) is 27.5. The van der Waals surface area contributed by atoms with Crippen molar-refractivity contribution < 1.29 is 19.1 Å². The van der Waals surface area contributed by atoms with Crippen molar-refractivity contribution in [2.45, 2.75) is 63.1 Å². The number of carbonyl (C=O) groups is 3. The molecule has 1 aliphatic rings. The van der Waals surface area contributed by atoms with Crippen molar-refractivity contribution >= 4 is 17.9 Å². The number of hydrogen-bond acceptors (Lipinski definition) is 5. The molecule has 0 aromatic heterocycles. The number of likely N-dealkylation sites (tertiary alicyclic amines) is 1. The van der Waals surface area contributed by atoms with Crippen LogP contribution in [0.5, 0.6) is 0 Å². The first-order valence-electron chi connectivity index (χ1n) is 15.6. The minimum Gasteiger partial charge on any atom is -0.442 e. The summed E-state index contributed by atoms with van der Waals surface area (Å²) >= 11 is 0. The van der Waals surface area contributed by atoms with Gasteiger partial charge < -0.3 is 25.6 Å². The summed E-state index contributed by atoms with van der Waals surface area (Å²) in [5, 5.41) is 2.57. The number of piperidine rings is 1. The standard InChI is InChI=1S/C37H46N4O4/c1-36(2,38)21-11-16-33(42)40(4)32(26-28-17-19-31(20-18-28)30-14-9-6-10-15-30)34(43)41-24-22-37(23-25-41,45-35(44)39-3)27-29-12-7-5-8-13-29/h5-20,32H,21-27,38H2,1-4H3,(H,39,44)/b16-11+/t32-/m1/s1. The molecule has 3 amide bonds. The van der Waals surface area contributed by atoms with Crippen LogP contribution in [-0.4, -0.2) is 72.1 Å². The molecule has 4 rings (SSSR count). The number of carbonyl (C=O) groups excluding carboxylic acids is 3. The van der Waals surface area contributed by atoms with Crippen LogP contribution in [0, 0.1) is 0 Å². The smallest absolute Gasteiger partial charge is 0.407 e. The first kappa shape index (κ1) is 33.5. The Morgan fingerprint density at radius 3 is 2.09 bits per heavy atom. The lowest BCUT2D eigenvalue weighted by Crippen LogP contribution is -2.56. The molecule has 1 saturated heterocycles. The normalized spacial score (nSPS) is 15.4. The summed E-state index contributed by atoms with van der Waals surface area (Å²) in [6.07, 6.45) is 5.22. The van der Waals surface area contributed by atoms with Crippen LogP contribution in [0.25, 0.3) is 11.1 Å². The van der Waals surface area contributed by atoms with E-state index in [1.54, 1.807) is 25.1 Å². The molecule has 0 bridgehead atoms. The third-order valence-corrected chi connectivity index (χ3v) is 8.36. The van der Waals surface area contributed by atoms with Crippen LogP contribution >= 0.6 is 0 Å². The van der Waals surface area contributed by atoms with Gasteiger partial charge in [0.05, 0.1) is 0 Å². The molecule has 3 aromatic rings. The van der Waals surface area contributed by atoms with Crippen LogP contribution in [0.4, 0.5) is 4.79 Å². The summed E-state index contributed by atoms with van der Waals surface area (Å²) in [5.41, 5.74) is 9.14. The molecule has 1 heterocycles. The largest absolute Gasteiger partial charge is 0.442 e. The third-order valence-electron chi connectivity index (χ3n) is 8.36. The number of rotatable bonds is 11. The van der Waals surface area contributed by atoms with Crippen LogP contribution < -0.4 is 11.1 Å². The minimum atomic E-state index is -0.736. The number of ether oxygens (including phenoxy) is 1. The topological polar surface area (TPSA) is 105 Å². The number of hydrogen-bond donors (Lipinski definition) is 2. The zero-order valence-corrected chi connectivity index (χ0v) is 26.9. The van der Waals surface area contributed by atoms with Crippen molar-refractivity contribution in [1.29, 1.82) is 0 Å². The molecule has 1 fully saturated rings. The van der Waals surface area contributed by atoms with Crippen molar-refractivity contribution in [3.05, 3.63) is 108 Å². The zero-order valence-electron chi connectivity index (χ0n) is 26.9. The van der Waals surface area contributed by atoms with Gasteiger partial charge in [-0.2, -0.15) is 0 Å². The molecule has 8 nitrogen and oxygen atoms in total. The summed E-state index contributed by atoms with van der Waals surface area (Å²) in [5.74, 6) is -0.379. The summed E-state index contributed by atoms with van der Waals surface area (Å²) < 4.78 is 5.95. The molecule has 3 aromatic carbocycles. The zero-order chi connectivity index (χ0) is 32.5. The molecular formula is C37H46N4O4. The Morgan fingerprint density at radius 1 is 0.933 bits per heavy atom. The van der Waals surface area contributed by atoms with E-state index in [2.05, 4.69) is 17.4 Å². The molecule has 1 atom stereocenters. The van der Waals surface area contributed by atoms with Gasteiger partial charge in [-0.3, -0.25) is 9.59 Å². The summed E-state index contributed by atoms with van der Waals surface area (Å²) in [7, 11) is 3.23. The van der Waals surface area contributed by atoms with Crippen molar-refractivity contribution in [2.75, 3.05) is 27.2 Å². The fraction of sp³-hybridized carbons (Fsp3) is 0.378. The molecule has 0 saturated carbocycles. The first-order chi connectivity index (χ1) is 21.5. The number of nitrogens with one attached hydrogen (secondary N) is 1. The van der Waals surface area contributed by atoms with E-state index in [1.807, 2.05) is 86.6 Å². The van der Waals surface area contributed by atoms with Crippen LogP contribution in [0.3, 0.4) is 0 Å². The number of amides is 3. The van der Waals surface area contributed by atoms with Gasteiger partial charge in [0.15, 0.2) is 0 Å². The average Bonchev–Trinajstić information content (AvgIpc) is 3.04. The lowest BCUT2D eigenvalue weighted by Gasteiger charge is -2.42. The lowest BCUT2D eigenvalue weighted by atomic mass is 9.84. The van der Waals surface area contributed by atoms with Crippen LogP contribution in [0.2, 0.25) is 0 Å². The van der Waals surface area contributed by atoms with E-state index in [0.717, 1.165) is 22.3 Å². The second kappa shape index (κ2) is 15.0. The lowest BCUT2D eigenvalue weighted by molar-refractivity contribution is -0.145. The second-order valence-corrected chi connectivity index (χ2v) is 12.6. The molecule has 238 valence electrons. The van der Waals surface area contributed by atoms with Gasteiger partial charge in [0.25, 0.3) is 0 Å². The Labute approximate surface area is 267 Å². The van der Waals surface area contributed by atoms with Gasteiger partial charge in [-0.1, -0.05) is 91.0 Å². The number of nitrogens with two attached hydrogens (primary N) is 1.